The Kier molecular flexibility index (Phi) is 6.26. The molecular weight excluding hydrogens is 385 g/mol. The summed E-state index contributed by atoms with van der Waals surface area (Å²) in [6, 6.07) is 7.97. The fraction of sp³-hybridized carbons (Fsp3) is 0.250. The molecule has 0 spiro atoms. The minimum absolute atomic E-state index is 0.133. The summed E-state index contributed by atoms with van der Waals surface area (Å²) in [5.41, 5.74) is 3.23. The van der Waals surface area contributed by atoms with Gasteiger partial charge in [0, 0.05) is 25.0 Å². The van der Waals surface area contributed by atoms with Crippen LogP contribution in [0.1, 0.15) is 23.2 Å². The van der Waals surface area contributed by atoms with Gasteiger partial charge in [-0.05, 0) is 41.3 Å². The fourth-order valence-corrected chi connectivity index (χ4v) is 3.24. The average Bonchev–Trinajstić information content (AvgIpc) is 2.68. The average molecular weight is 404 g/mol. The maximum absolute atomic E-state index is 12.6. The standard InChI is InChI=1S/C20H19ClFN3O3/c21-17-9-14(10-18(26)27)12-23-19(17)15-5-7-25(8-6-15)20(28)24-16-3-1-13(11-22)2-4-16/h1-5,9,12H,6-8,10-11H2,(H,24,28)(H,26,27). The topological polar surface area (TPSA) is 82.5 Å². The molecule has 3 rings (SSSR count). The highest BCUT2D eigenvalue weighted by Gasteiger charge is 2.20. The Bertz CT molecular complexity index is 915. The van der Waals surface area contributed by atoms with Crippen LogP contribution >= 0.6 is 11.6 Å². The number of aliphatic carboxylic acids is 1. The number of nitrogens with zero attached hydrogens (tertiary/aromatic N) is 2. The Hall–Kier alpha value is -2.93. The number of rotatable bonds is 5. The van der Waals surface area contributed by atoms with Gasteiger partial charge < -0.3 is 15.3 Å². The molecule has 0 saturated heterocycles. The molecule has 2 aromatic rings. The molecule has 2 heterocycles. The smallest absolute Gasteiger partial charge is 0.322 e. The van der Waals surface area contributed by atoms with E-state index in [2.05, 4.69) is 10.3 Å². The Balaban J connectivity index is 1.63. The van der Waals surface area contributed by atoms with Gasteiger partial charge in [0.25, 0.3) is 0 Å². The number of aromatic nitrogens is 1. The van der Waals surface area contributed by atoms with Crippen molar-refractivity contribution < 1.29 is 19.1 Å². The maximum atomic E-state index is 12.6. The number of carboxylic acid groups (broad SMARTS) is 1. The lowest BCUT2D eigenvalue weighted by molar-refractivity contribution is -0.136. The molecule has 0 bridgehead atoms. The fourth-order valence-electron chi connectivity index (χ4n) is 2.93. The minimum Gasteiger partial charge on any atom is -0.481 e. The molecule has 0 fully saturated rings. The van der Waals surface area contributed by atoms with Crippen molar-refractivity contribution in [3.8, 4) is 0 Å². The number of benzene rings is 1. The third-order valence-electron chi connectivity index (χ3n) is 4.41. The number of alkyl halides is 1. The van der Waals surface area contributed by atoms with Crippen molar-refractivity contribution in [2.45, 2.75) is 19.5 Å². The molecule has 0 unspecified atom stereocenters. The number of urea groups is 1. The van der Waals surface area contributed by atoms with Gasteiger partial charge in [0.2, 0.25) is 0 Å². The van der Waals surface area contributed by atoms with E-state index in [-0.39, 0.29) is 12.5 Å². The van der Waals surface area contributed by atoms with E-state index in [1.807, 2.05) is 6.08 Å². The first-order chi connectivity index (χ1) is 13.5. The zero-order chi connectivity index (χ0) is 20.1. The van der Waals surface area contributed by atoms with Crippen LogP contribution in [0.5, 0.6) is 0 Å². The number of hydrogen-bond acceptors (Lipinski definition) is 3. The second-order valence-electron chi connectivity index (χ2n) is 6.43. The van der Waals surface area contributed by atoms with E-state index >= 15 is 0 Å². The molecule has 0 aliphatic carbocycles. The first kappa shape index (κ1) is 19.8. The maximum Gasteiger partial charge on any atom is 0.322 e. The Morgan fingerprint density at radius 3 is 2.57 bits per heavy atom. The van der Waals surface area contributed by atoms with Crippen molar-refractivity contribution in [3.05, 3.63) is 64.4 Å². The number of anilines is 1. The van der Waals surface area contributed by atoms with Gasteiger partial charge in [-0.25, -0.2) is 9.18 Å². The molecule has 0 saturated carbocycles. The van der Waals surface area contributed by atoms with Crippen LogP contribution in [0.3, 0.4) is 0 Å². The number of nitrogens with one attached hydrogen (secondary N) is 1. The van der Waals surface area contributed by atoms with Crippen LogP contribution in [0.15, 0.2) is 42.6 Å². The number of amides is 2. The zero-order valence-corrected chi connectivity index (χ0v) is 15.7. The summed E-state index contributed by atoms with van der Waals surface area (Å²) < 4.78 is 12.6. The molecular formula is C20H19ClFN3O3. The summed E-state index contributed by atoms with van der Waals surface area (Å²) >= 11 is 6.26. The van der Waals surface area contributed by atoms with E-state index in [9.17, 15) is 14.0 Å². The lowest BCUT2D eigenvalue weighted by Crippen LogP contribution is -2.37. The summed E-state index contributed by atoms with van der Waals surface area (Å²) in [6.45, 7) is 0.357. The second-order valence-corrected chi connectivity index (χ2v) is 6.84. The highest BCUT2D eigenvalue weighted by atomic mass is 35.5. The minimum atomic E-state index is -0.941. The molecule has 1 aliphatic heterocycles. The van der Waals surface area contributed by atoms with Crippen LogP contribution in [0.2, 0.25) is 5.02 Å². The summed E-state index contributed by atoms with van der Waals surface area (Å²) in [6.07, 6.45) is 3.85. The van der Waals surface area contributed by atoms with Crippen molar-refractivity contribution >= 4 is 34.9 Å². The van der Waals surface area contributed by atoms with Gasteiger partial charge in [0.15, 0.2) is 0 Å². The first-order valence-electron chi connectivity index (χ1n) is 8.72. The summed E-state index contributed by atoms with van der Waals surface area (Å²) in [4.78, 5) is 29.1. The number of carbonyl (C=O) groups is 2. The van der Waals surface area contributed by atoms with Gasteiger partial charge in [0.05, 0.1) is 17.1 Å². The van der Waals surface area contributed by atoms with Crippen LogP contribution in [-0.4, -0.2) is 40.1 Å². The van der Waals surface area contributed by atoms with Gasteiger partial charge in [-0.15, -0.1) is 0 Å². The molecule has 0 atom stereocenters. The van der Waals surface area contributed by atoms with Crippen LogP contribution in [0.4, 0.5) is 14.9 Å². The molecule has 2 N–H and O–H groups in total. The number of pyridine rings is 1. The highest BCUT2D eigenvalue weighted by Crippen LogP contribution is 2.28. The third-order valence-corrected chi connectivity index (χ3v) is 4.70. The molecule has 0 radical (unpaired) electrons. The molecule has 1 aliphatic rings. The molecule has 1 aromatic carbocycles. The monoisotopic (exact) mass is 403 g/mol. The number of hydrogen-bond donors (Lipinski definition) is 2. The predicted molar refractivity (Wildman–Crippen MR) is 105 cm³/mol. The van der Waals surface area contributed by atoms with E-state index in [1.165, 1.54) is 6.20 Å². The molecule has 28 heavy (non-hydrogen) atoms. The van der Waals surface area contributed by atoms with Gasteiger partial charge in [-0.3, -0.25) is 9.78 Å². The third kappa shape index (κ3) is 4.86. The molecule has 146 valence electrons. The summed E-state index contributed by atoms with van der Waals surface area (Å²) in [5, 5.41) is 12.0. The van der Waals surface area contributed by atoms with Crippen LogP contribution < -0.4 is 5.32 Å². The van der Waals surface area contributed by atoms with Gasteiger partial charge in [-0.1, -0.05) is 29.8 Å². The first-order valence-corrected chi connectivity index (χ1v) is 9.10. The SMILES string of the molecule is O=C(O)Cc1cnc(C2=CCN(C(=O)Nc3ccc(CF)cc3)CC2)c(Cl)c1. The summed E-state index contributed by atoms with van der Waals surface area (Å²) in [5.74, 6) is -0.941. The lowest BCUT2D eigenvalue weighted by atomic mass is 10.0. The molecule has 1 aromatic heterocycles. The van der Waals surface area contributed by atoms with Crippen LogP contribution in [-0.2, 0) is 17.9 Å². The molecule has 6 nitrogen and oxygen atoms in total. The van der Waals surface area contributed by atoms with Crippen molar-refractivity contribution in [1.82, 2.24) is 9.88 Å². The van der Waals surface area contributed by atoms with Gasteiger partial charge in [-0.2, -0.15) is 0 Å². The van der Waals surface area contributed by atoms with E-state index in [0.29, 0.717) is 47.0 Å². The van der Waals surface area contributed by atoms with E-state index in [1.54, 1.807) is 35.2 Å². The zero-order valence-electron chi connectivity index (χ0n) is 15.0. The van der Waals surface area contributed by atoms with Crippen molar-refractivity contribution in [2.75, 3.05) is 18.4 Å². The molecule has 2 amide bonds. The van der Waals surface area contributed by atoms with Crippen molar-refractivity contribution in [1.29, 1.82) is 0 Å². The number of halogens is 2. The van der Waals surface area contributed by atoms with Crippen LogP contribution in [0.25, 0.3) is 5.57 Å². The van der Waals surface area contributed by atoms with Crippen LogP contribution in [0, 0.1) is 0 Å². The summed E-state index contributed by atoms with van der Waals surface area (Å²) in [7, 11) is 0. The normalized spacial score (nSPS) is 13.8. The number of carboxylic acids is 1. The van der Waals surface area contributed by atoms with E-state index in [0.717, 1.165) is 5.57 Å². The second kappa shape index (κ2) is 8.84. The van der Waals surface area contributed by atoms with E-state index in [4.69, 9.17) is 16.7 Å². The van der Waals surface area contributed by atoms with Gasteiger partial charge >= 0.3 is 12.0 Å². The van der Waals surface area contributed by atoms with E-state index < -0.39 is 12.6 Å². The Morgan fingerprint density at radius 1 is 1.25 bits per heavy atom. The van der Waals surface area contributed by atoms with Crippen molar-refractivity contribution in [3.63, 3.8) is 0 Å². The predicted octanol–water partition coefficient (Wildman–Crippen LogP) is 4.15. The van der Waals surface area contributed by atoms with Crippen molar-refractivity contribution in [2.24, 2.45) is 0 Å². The lowest BCUT2D eigenvalue weighted by Gasteiger charge is -2.27. The highest BCUT2D eigenvalue weighted by molar-refractivity contribution is 6.32. The largest absolute Gasteiger partial charge is 0.481 e. The van der Waals surface area contributed by atoms with Gasteiger partial charge in [0.1, 0.15) is 6.67 Å². The molecule has 8 heteroatoms. The Morgan fingerprint density at radius 2 is 2.00 bits per heavy atom. The Labute approximate surface area is 166 Å². The quantitative estimate of drug-likeness (QED) is 0.785. The number of carbonyl (C=O) groups excluding carboxylic acids is 1.